The molecule has 0 fully saturated rings. The molecule has 2 N–H and O–H groups in total. The lowest BCUT2D eigenvalue weighted by Crippen LogP contribution is -2.34. The predicted octanol–water partition coefficient (Wildman–Crippen LogP) is 3.79. The van der Waals surface area contributed by atoms with Crippen molar-refractivity contribution < 1.29 is 13.9 Å². The second-order valence-corrected chi connectivity index (χ2v) is 6.33. The van der Waals surface area contributed by atoms with Gasteiger partial charge in [-0.25, -0.2) is 4.39 Å². The predicted molar refractivity (Wildman–Crippen MR) is 94.4 cm³/mol. The van der Waals surface area contributed by atoms with E-state index in [4.69, 9.17) is 4.42 Å². The van der Waals surface area contributed by atoms with Gasteiger partial charge in [0.2, 0.25) is 0 Å². The number of benzene rings is 1. The van der Waals surface area contributed by atoms with Gasteiger partial charge in [-0.05, 0) is 55.3 Å². The molecule has 0 amide bonds. The first-order valence-corrected chi connectivity index (χ1v) is 8.14. The van der Waals surface area contributed by atoms with Crippen LogP contribution in [0.5, 0.6) is 0 Å². The maximum Gasteiger partial charge on any atom is 0.136 e. The van der Waals surface area contributed by atoms with Gasteiger partial charge in [0.1, 0.15) is 22.9 Å². The van der Waals surface area contributed by atoms with Crippen LogP contribution < -0.4 is 5.32 Å². The Hall–Kier alpha value is -2.50. The molecule has 0 spiro atoms. The molecule has 0 aliphatic rings. The molecule has 1 unspecified atom stereocenters. The summed E-state index contributed by atoms with van der Waals surface area (Å²) in [6.45, 7) is 4.07. The lowest BCUT2D eigenvalue weighted by atomic mass is 10.0. The monoisotopic (exact) mass is 340 g/mol. The number of nitrogens with one attached hydrogen (secondary N) is 1. The van der Waals surface area contributed by atoms with E-state index in [0.29, 0.717) is 17.9 Å². The van der Waals surface area contributed by atoms with Gasteiger partial charge < -0.3 is 14.8 Å². The maximum absolute atomic E-state index is 14.3. The average Bonchev–Trinajstić information content (AvgIpc) is 3.04. The number of hydrogen-bond acceptors (Lipinski definition) is 4. The number of halogens is 1. The minimum absolute atomic E-state index is 0.255. The summed E-state index contributed by atoms with van der Waals surface area (Å²) in [5.41, 5.74) is 1.12. The van der Waals surface area contributed by atoms with Crippen LogP contribution in [-0.2, 0) is 12.1 Å². The number of nitrogens with zero attached hydrogens (tertiary/aromatic N) is 1. The van der Waals surface area contributed by atoms with Crippen LogP contribution in [0.3, 0.4) is 0 Å². The highest BCUT2D eigenvalue weighted by Gasteiger charge is 2.26. The second kappa shape index (κ2) is 7.17. The lowest BCUT2D eigenvalue weighted by molar-refractivity contribution is 0.0332. The van der Waals surface area contributed by atoms with Crippen molar-refractivity contribution in [3.05, 3.63) is 77.8 Å². The third kappa shape index (κ3) is 4.13. The number of pyridine rings is 1. The van der Waals surface area contributed by atoms with E-state index in [1.54, 1.807) is 37.5 Å². The SMILES string of the molecule is Cc1ccc(C(C)(O)CNCc2ccc(-c3ccncc3)cc2F)o1. The zero-order valence-electron chi connectivity index (χ0n) is 14.3. The number of aryl methyl sites for hydroxylation is 1. The van der Waals surface area contributed by atoms with E-state index >= 15 is 0 Å². The highest BCUT2D eigenvalue weighted by Crippen LogP contribution is 2.23. The highest BCUT2D eigenvalue weighted by molar-refractivity contribution is 5.63. The van der Waals surface area contributed by atoms with Crippen LogP contribution in [0, 0.1) is 12.7 Å². The molecule has 0 saturated carbocycles. The first-order valence-electron chi connectivity index (χ1n) is 8.14. The van der Waals surface area contributed by atoms with E-state index in [2.05, 4.69) is 10.3 Å². The van der Waals surface area contributed by atoms with Crippen molar-refractivity contribution in [2.75, 3.05) is 6.54 Å². The van der Waals surface area contributed by atoms with Crippen molar-refractivity contribution in [1.82, 2.24) is 10.3 Å². The summed E-state index contributed by atoms with van der Waals surface area (Å²) in [6.07, 6.45) is 3.36. The standard InChI is InChI=1S/C20H21FN2O2/c1-14-3-6-19(25-14)20(2,24)13-23-12-17-5-4-16(11-18(17)21)15-7-9-22-10-8-15/h3-11,23-24H,12-13H2,1-2H3. The zero-order chi connectivity index (χ0) is 17.9. The van der Waals surface area contributed by atoms with Gasteiger partial charge in [-0.15, -0.1) is 0 Å². The fourth-order valence-electron chi connectivity index (χ4n) is 2.67. The molecule has 2 heterocycles. The topological polar surface area (TPSA) is 58.3 Å². The molecule has 2 aromatic heterocycles. The molecule has 1 aromatic carbocycles. The number of aromatic nitrogens is 1. The first-order chi connectivity index (χ1) is 12.0. The molecule has 0 aliphatic carbocycles. The van der Waals surface area contributed by atoms with Gasteiger partial charge in [0, 0.05) is 31.0 Å². The molecule has 0 radical (unpaired) electrons. The van der Waals surface area contributed by atoms with Gasteiger partial charge in [0.05, 0.1) is 0 Å². The van der Waals surface area contributed by atoms with Crippen LogP contribution in [0.4, 0.5) is 4.39 Å². The Morgan fingerprint density at radius 2 is 1.88 bits per heavy atom. The Balaban J connectivity index is 1.64. The first kappa shape index (κ1) is 17.3. The fraction of sp³-hybridized carbons (Fsp3) is 0.250. The van der Waals surface area contributed by atoms with Gasteiger partial charge >= 0.3 is 0 Å². The molecule has 5 heteroatoms. The van der Waals surface area contributed by atoms with Crippen molar-refractivity contribution in [2.45, 2.75) is 26.0 Å². The molecule has 0 aliphatic heterocycles. The smallest absolute Gasteiger partial charge is 0.136 e. The summed E-state index contributed by atoms with van der Waals surface area (Å²) in [6, 6.07) is 12.4. The van der Waals surface area contributed by atoms with Gasteiger partial charge in [-0.1, -0.05) is 12.1 Å². The van der Waals surface area contributed by atoms with Crippen molar-refractivity contribution in [2.24, 2.45) is 0 Å². The second-order valence-electron chi connectivity index (χ2n) is 6.33. The summed E-state index contributed by atoms with van der Waals surface area (Å²) in [4.78, 5) is 3.97. The molecule has 3 aromatic rings. The highest BCUT2D eigenvalue weighted by atomic mass is 19.1. The van der Waals surface area contributed by atoms with Gasteiger partial charge in [0.15, 0.2) is 0 Å². The Morgan fingerprint density at radius 3 is 2.52 bits per heavy atom. The maximum atomic E-state index is 14.3. The molecular formula is C20H21FN2O2. The van der Waals surface area contributed by atoms with E-state index in [-0.39, 0.29) is 12.4 Å². The minimum Gasteiger partial charge on any atom is -0.463 e. The van der Waals surface area contributed by atoms with Crippen LogP contribution in [0.2, 0.25) is 0 Å². The number of furan rings is 1. The quantitative estimate of drug-likeness (QED) is 0.717. The van der Waals surface area contributed by atoms with Gasteiger partial charge in [0.25, 0.3) is 0 Å². The number of aliphatic hydroxyl groups is 1. The van der Waals surface area contributed by atoms with Gasteiger partial charge in [-0.3, -0.25) is 4.98 Å². The third-order valence-electron chi connectivity index (χ3n) is 4.12. The fourth-order valence-corrected chi connectivity index (χ4v) is 2.67. The Morgan fingerprint density at radius 1 is 1.12 bits per heavy atom. The van der Waals surface area contributed by atoms with Crippen LogP contribution in [0.1, 0.15) is 24.0 Å². The van der Waals surface area contributed by atoms with E-state index in [1.165, 1.54) is 6.07 Å². The van der Waals surface area contributed by atoms with Crippen molar-refractivity contribution >= 4 is 0 Å². The van der Waals surface area contributed by atoms with E-state index < -0.39 is 5.60 Å². The summed E-state index contributed by atoms with van der Waals surface area (Å²) in [5.74, 6) is 0.953. The largest absolute Gasteiger partial charge is 0.463 e. The van der Waals surface area contributed by atoms with Crippen LogP contribution in [0.25, 0.3) is 11.1 Å². The Kier molecular flexibility index (Phi) is 4.97. The van der Waals surface area contributed by atoms with Crippen LogP contribution in [0.15, 0.2) is 59.3 Å². The number of hydrogen-bond donors (Lipinski definition) is 2. The molecule has 0 bridgehead atoms. The van der Waals surface area contributed by atoms with Crippen LogP contribution >= 0.6 is 0 Å². The average molecular weight is 340 g/mol. The molecular weight excluding hydrogens is 319 g/mol. The van der Waals surface area contributed by atoms with E-state index in [1.807, 2.05) is 25.1 Å². The summed E-state index contributed by atoms with van der Waals surface area (Å²) in [7, 11) is 0. The molecule has 0 saturated heterocycles. The normalized spacial score (nSPS) is 13.6. The van der Waals surface area contributed by atoms with E-state index in [0.717, 1.165) is 16.9 Å². The van der Waals surface area contributed by atoms with Crippen molar-refractivity contribution in [1.29, 1.82) is 0 Å². The molecule has 25 heavy (non-hydrogen) atoms. The Labute approximate surface area is 146 Å². The number of rotatable bonds is 6. The van der Waals surface area contributed by atoms with E-state index in [9.17, 15) is 9.50 Å². The molecule has 1 atom stereocenters. The third-order valence-corrected chi connectivity index (χ3v) is 4.12. The summed E-state index contributed by atoms with van der Waals surface area (Å²) < 4.78 is 19.8. The van der Waals surface area contributed by atoms with Crippen molar-refractivity contribution in [3.63, 3.8) is 0 Å². The molecule has 4 nitrogen and oxygen atoms in total. The lowest BCUT2D eigenvalue weighted by Gasteiger charge is -2.21. The zero-order valence-corrected chi connectivity index (χ0v) is 14.3. The minimum atomic E-state index is -1.15. The summed E-state index contributed by atoms with van der Waals surface area (Å²) >= 11 is 0. The Bertz CT molecular complexity index is 844. The molecule has 130 valence electrons. The van der Waals surface area contributed by atoms with Crippen molar-refractivity contribution in [3.8, 4) is 11.1 Å². The summed E-state index contributed by atoms with van der Waals surface area (Å²) in [5, 5.41) is 13.6. The molecule has 3 rings (SSSR count). The van der Waals surface area contributed by atoms with Gasteiger partial charge in [-0.2, -0.15) is 0 Å². The van der Waals surface area contributed by atoms with Crippen LogP contribution in [-0.4, -0.2) is 16.6 Å².